The maximum absolute atomic E-state index is 12.5. The van der Waals surface area contributed by atoms with Gasteiger partial charge in [-0.25, -0.2) is 9.59 Å². The number of benzene rings is 1. The summed E-state index contributed by atoms with van der Waals surface area (Å²) in [5.41, 5.74) is 1.92. The number of carboxylic acids is 1. The predicted molar refractivity (Wildman–Crippen MR) is 80.5 cm³/mol. The highest BCUT2D eigenvalue weighted by Crippen LogP contribution is 2.29. The molecule has 0 unspecified atom stereocenters. The molecule has 1 heterocycles. The van der Waals surface area contributed by atoms with Crippen molar-refractivity contribution >= 4 is 17.7 Å². The first-order chi connectivity index (χ1) is 10.1. The molecule has 0 aliphatic carbocycles. The summed E-state index contributed by atoms with van der Waals surface area (Å²) in [7, 11) is 0. The van der Waals surface area contributed by atoms with Crippen LogP contribution >= 0.6 is 0 Å². The Kier molecular flexibility index (Phi) is 4.49. The monoisotopic (exact) mass is 286 g/mol. The standard InChI is InChI=1S/C16H18N2O3/c1-3-8-17(9-4-2)16(21)18-10-7-12-11-13(15(19)20)5-6-14(12)18/h1,5-6,11H,4,7-10H2,2H3,(H,19,20). The number of hydrogen-bond donors (Lipinski definition) is 1. The van der Waals surface area contributed by atoms with E-state index < -0.39 is 5.97 Å². The Morgan fingerprint density at radius 2 is 2.24 bits per heavy atom. The molecule has 5 nitrogen and oxygen atoms in total. The molecule has 0 saturated heterocycles. The van der Waals surface area contributed by atoms with Gasteiger partial charge in [0.05, 0.1) is 12.1 Å². The van der Waals surface area contributed by atoms with Gasteiger partial charge in [-0.1, -0.05) is 12.8 Å². The van der Waals surface area contributed by atoms with Gasteiger partial charge in [-0.2, -0.15) is 0 Å². The van der Waals surface area contributed by atoms with Crippen LogP contribution in [0.15, 0.2) is 18.2 Å². The van der Waals surface area contributed by atoms with Crippen LogP contribution < -0.4 is 4.90 Å². The second kappa shape index (κ2) is 6.31. The lowest BCUT2D eigenvalue weighted by molar-refractivity contribution is 0.0697. The van der Waals surface area contributed by atoms with Crippen molar-refractivity contribution in [3.63, 3.8) is 0 Å². The summed E-state index contributed by atoms with van der Waals surface area (Å²) in [6.07, 6.45) is 6.82. The molecule has 110 valence electrons. The van der Waals surface area contributed by atoms with Crippen LogP contribution in [-0.2, 0) is 6.42 Å². The Morgan fingerprint density at radius 3 is 2.86 bits per heavy atom. The van der Waals surface area contributed by atoms with Crippen LogP contribution in [0.4, 0.5) is 10.5 Å². The fourth-order valence-corrected chi connectivity index (χ4v) is 2.53. The molecule has 1 aromatic carbocycles. The maximum Gasteiger partial charge on any atom is 0.335 e. The van der Waals surface area contributed by atoms with Crippen molar-refractivity contribution in [2.45, 2.75) is 19.8 Å². The summed E-state index contributed by atoms with van der Waals surface area (Å²) in [6, 6.07) is 4.74. The second-order valence-electron chi connectivity index (χ2n) is 4.96. The smallest absolute Gasteiger partial charge is 0.335 e. The van der Waals surface area contributed by atoms with E-state index in [1.165, 1.54) is 6.07 Å². The molecule has 1 aliphatic heterocycles. The number of carboxylic acid groups (broad SMARTS) is 1. The van der Waals surface area contributed by atoms with Gasteiger partial charge in [-0.15, -0.1) is 6.42 Å². The fraction of sp³-hybridized carbons (Fsp3) is 0.375. The lowest BCUT2D eigenvalue weighted by Crippen LogP contribution is -2.43. The Bertz CT molecular complexity index is 604. The van der Waals surface area contributed by atoms with Gasteiger partial charge in [-0.05, 0) is 36.6 Å². The molecule has 0 aromatic heterocycles. The minimum Gasteiger partial charge on any atom is -0.478 e. The van der Waals surface area contributed by atoms with E-state index in [2.05, 4.69) is 5.92 Å². The Morgan fingerprint density at radius 1 is 1.48 bits per heavy atom. The zero-order valence-electron chi connectivity index (χ0n) is 12.0. The van der Waals surface area contributed by atoms with E-state index in [0.29, 0.717) is 19.5 Å². The number of nitrogens with zero attached hydrogens (tertiary/aromatic N) is 2. The van der Waals surface area contributed by atoms with Crippen molar-refractivity contribution in [2.24, 2.45) is 0 Å². The molecule has 2 rings (SSSR count). The first-order valence-electron chi connectivity index (χ1n) is 6.94. The van der Waals surface area contributed by atoms with Crippen LogP contribution in [0.3, 0.4) is 0 Å². The normalized spacial score (nSPS) is 12.7. The predicted octanol–water partition coefficient (Wildman–Crippen LogP) is 2.21. The van der Waals surface area contributed by atoms with Crippen molar-refractivity contribution in [2.75, 3.05) is 24.5 Å². The van der Waals surface area contributed by atoms with Gasteiger partial charge in [0.15, 0.2) is 0 Å². The lowest BCUT2D eigenvalue weighted by Gasteiger charge is -2.26. The number of anilines is 1. The molecule has 0 radical (unpaired) electrons. The summed E-state index contributed by atoms with van der Waals surface area (Å²) >= 11 is 0. The van der Waals surface area contributed by atoms with Crippen molar-refractivity contribution in [1.29, 1.82) is 0 Å². The molecular formula is C16H18N2O3. The van der Waals surface area contributed by atoms with E-state index in [4.69, 9.17) is 11.5 Å². The van der Waals surface area contributed by atoms with Crippen LogP contribution in [0.2, 0.25) is 0 Å². The molecule has 5 heteroatoms. The van der Waals surface area contributed by atoms with E-state index in [1.807, 2.05) is 6.92 Å². The summed E-state index contributed by atoms with van der Waals surface area (Å²) in [6.45, 7) is 3.45. The SMILES string of the molecule is C#CCN(CCC)C(=O)N1CCc2cc(C(=O)O)ccc21. The van der Waals surface area contributed by atoms with Crippen LogP contribution in [0.25, 0.3) is 0 Å². The maximum atomic E-state index is 12.5. The van der Waals surface area contributed by atoms with Crippen molar-refractivity contribution in [1.82, 2.24) is 4.90 Å². The number of carbonyl (C=O) groups excluding carboxylic acids is 1. The number of urea groups is 1. The Balaban J connectivity index is 2.24. The molecule has 1 aromatic rings. The fourth-order valence-electron chi connectivity index (χ4n) is 2.53. The third-order valence-corrected chi connectivity index (χ3v) is 3.50. The van der Waals surface area contributed by atoms with Gasteiger partial charge in [0, 0.05) is 18.8 Å². The minimum absolute atomic E-state index is 0.114. The molecule has 0 fully saturated rings. The van der Waals surface area contributed by atoms with Gasteiger partial charge >= 0.3 is 12.0 Å². The summed E-state index contributed by atoms with van der Waals surface area (Å²) in [5, 5.41) is 9.01. The lowest BCUT2D eigenvalue weighted by atomic mass is 10.1. The molecule has 1 N–H and O–H groups in total. The third kappa shape index (κ3) is 3.00. The Labute approximate surface area is 124 Å². The second-order valence-corrected chi connectivity index (χ2v) is 4.96. The van der Waals surface area contributed by atoms with E-state index in [-0.39, 0.29) is 18.1 Å². The first-order valence-corrected chi connectivity index (χ1v) is 6.94. The van der Waals surface area contributed by atoms with E-state index >= 15 is 0 Å². The topological polar surface area (TPSA) is 60.9 Å². The first kappa shape index (κ1) is 14.9. The number of amides is 2. The summed E-state index contributed by atoms with van der Waals surface area (Å²) < 4.78 is 0. The van der Waals surface area contributed by atoms with E-state index in [0.717, 1.165) is 17.7 Å². The number of fused-ring (bicyclic) bond motifs is 1. The van der Waals surface area contributed by atoms with Gasteiger partial charge in [-0.3, -0.25) is 4.90 Å². The number of carbonyl (C=O) groups is 2. The van der Waals surface area contributed by atoms with Gasteiger partial charge in [0.2, 0.25) is 0 Å². The largest absolute Gasteiger partial charge is 0.478 e. The van der Waals surface area contributed by atoms with Crippen molar-refractivity contribution in [3.05, 3.63) is 29.3 Å². The van der Waals surface area contributed by atoms with E-state index in [9.17, 15) is 9.59 Å². The average Bonchev–Trinajstić information content (AvgIpc) is 2.89. The van der Waals surface area contributed by atoms with Crippen LogP contribution in [-0.4, -0.2) is 41.6 Å². The average molecular weight is 286 g/mol. The van der Waals surface area contributed by atoms with Crippen LogP contribution in [0.1, 0.15) is 29.3 Å². The van der Waals surface area contributed by atoms with Gasteiger partial charge in [0.1, 0.15) is 0 Å². The molecule has 0 bridgehead atoms. The summed E-state index contributed by atoms with van der Waals surface area (Å²) in [4.78, 5) is 26.8. The number of hydrogen-bond acceptors (Lipinski definition) is 2. The Hall–Kier alpha value is -2.48. The van der Waals surface area contributed by atoms with Gasteiger partial charge in [0.25, 0.3) is 0 Å². The van der Waals surface area contributed by atoms with E-state index in [1.54, 1.807) is 21.9 Å². The van der Waals surface area contributed by atoms with Crippen molar-refractivity contribution in [3.8, 4) is 12.3 Å². The molecule has 0 atom stereocenters. The molecular weight excluding hydrogens is 268 g/mol. The molecule has 0 saturated carbocycles. The highest BCUT2D eigenvalue weighted by Gasteiger charge is 2.28. The molecule has 1 aliphatic rings. The highest BCUT2D eigenvalue weighted by molar-refractivity contribution is 5.96. The molecule has 2 amide bonds. The number of rotatable bonds is 4. The number of terminal acetylenes is 1. The minimum atomic E-state index is -0.956. The third-order valence-electron chi connectivity index (χ3n) is 3.50. The highest BCUT2D eigenvalue weighted by atomic mass is 16.4. The number of aromatic carboxylic acids is 1. The quantitative estimate of drug-likeness (QED) is 0.863. The van der Waals surface area contributed by atoms with Gasteiger partial charge < -0.3 is 10.0 Å². The molecule has 21 heavy (non-hydrogen) atoms. The zero-order valence-corrected chi connectivity index (χ0v) is 12.0. The van der Waals surface area contributed by atoms with Crippen LogP contribution in [0, 0.1) is 12.3 Å². The molecule has 0 spiro atoms. The van der Waals surface area contributed by atoms with Crippen LogP contribution in [0.5, 0.6) is 0 Å². The van der Waals surface area contributed by atoms with Crippen molar-refractivity contribution < 1.29 is 14.7 Å². The summed E-state index contributed by atoms with van der Waals surface area (Å²) in [5.74, 6) is 1.55. The zero-order chi connectivity index (χ0) is 15.4.